The predicted octanol–water partition coefficient (Wildman–Crippen LogP) is 0.760. The number of nitrogens with two attached hydrogens (primary N) is 1. The van der Waals surface area contributed by atoms with Gasteiger partial charge in [-0.1, -0.05) is 0 Å². The van der Waals surface area contributed by atoms with Crippen LogP contribution in [0.4, 0.5) is 0 Å². The molecule has 1 fully saturated rings. The fraction of sp³-hybridized carbons (Fsp3) is 1.00. The average molecular weight is 129 g/mol. The Morgan fingerprint density at radius 3 is 2.78 bits per heavy atom. The Labute approximate surface area is 56.4 Å². The topological polar surface area (TPSA) is 35.2 Å². The van der Waals surface area contributed by atoms with E-state index in [0.29, 0.717) is 6.04 Å². The van der Waals surface area contributed by atoms with Crippen molar-refractivity contribution in [3.05, 3.63) is 0 Å². The highest BCUT2D eigenvalue weighted by Gasteiger charge is 2.20. The summed E-state index contributed by atoms with van der Waals surface area (Å²) in [4.78, 5) is 0. The highest BCUT2D eigenvalue weighted by atomic mass is 16.5. The quantitative estimate of drug-likeness (QED) is 0.597. The van der Waals surface area contributed by atoms with E-state index in [4.69, 9.17) is 10.5 Å². The lowest BCUT2D eigenvalue weighted by atomic mass is 10.1. The van der Waals surface area contributed by atoms with E-state index in [2.05, 4.69) is 0 Å². The molecular weight excluding hydrogens is 114 g/mol. The second-order valence-electron chi connectivity index (χ2n) is 2.89. The van der Waals surface area contributed by atoms with Crippen LogP contribution in [-0.4, -0.2) is 19.8 Å². The van der Waals surface area contributed by atoms with Crippen LogP contribution in [0.15, 0.2) is 0 Å². The van der Waals surface area contributed by atoms with Crippen molar-refractivity contribution >= 4 is 0 Å². The third kappa shape index (κ3) is 1.95. The molecule has 2 N–H and O–H groups in total. The van der Waals surface area contributed by atoms with Crippen LogP contribution in [0.3, 0.4) is 0 Å². The second kappa shape index (κ2) is 3.18. The summed E-state index contributed by atoms with van der Waals surface area (Å²) >= 11 is 0. The molecule has 2 heteroatoms. The molecule has 2 unspecified atom stereocenters. The lowest BCUT2D eigenvalue weighted by Crippen LogP contribution is -2.15. The molecule has 0 aromatic rings. The molecular formula is C7H15NO. The molecule has 0 radical (unpaired) electrons. The summed E-state index contributed by atoms with van der Waals surface area (Å²) in [6.07, 6.45) is 3.61. The zero-order chi connectivity index (χ0) is 6.69. The van der Waals surface area contributed by atoms with Crippen molar-refractivity contribution in [3.8, 4) is 0 Å². The van der Waals surface area contributed by atoms with Gasteiger partial charge in [-0.05, 0) is 25.2 Å². The van der Waals surface area contributed by atoms with E-state index in [-0.39, 0.29) is 0 Å². The highest BCUT2D eigenvalue weighted by Crippen LogP contribution is 2.23. The molecule has 1 saturated carbocycles. The molecule has 0 aromatic heterocycles. The number of methoxy groups -OCH3 is 1. The normalized spacial score (nSPS) is 35.3. The number of rotatable bonds is 2. The molecule has 0 aromatic carbocycles. The van der Waals surface area contributed by atoms with E-state index in [1.165, 1.54) is 12.8 Å². The van der Waals surface area contributed by atoms with Crippen LogP contribution in [0.5, 0.6) is 0 Å². The summed E-state index contributed by atoms with van der Waals surface area (Å²) in [6, 6.07) is 0.449. The zero-order valence-corrected chi connectivity index (χ0v) is 5.97. The Bertz CT molecular complexity index is 83.0. The van der Waals surface area contributed by atoms with E-state index in [9.17, 15) is 0 Å². The van der Waals surface area contributed by atoms with Crippen molar-refractivity contribution in [2.45, 2.75) is 25.3 Å². The maximum Gasteiger partial charge on any atom is 0.0491 e. The van der Waals surface area contributed by atoms with E-state index < -0.39 is 0 Å². The van der Waals surface area contributed by atoms with E-state index in [1.807, 2.05) is 0 Å². The van der Waals surface area contributed by atoms with Crippen molar-refractivity contribution in [3.63, 3.8) is 0 Å². The minimum absolute atomic E-state index is 0.449. The van der Waals surface area contributed by atoms with E-state index in [0.717, 1.165) is 18.9 Å². The van der Waals surface area contributed by atoms with Crippen molar-refractivity contribution in [2.24, 2.45) is 11.7 Å². The molecule has 0 heterocycles. The van der Waals surface area contributed by atoms with Crippen molar-refractivity contribution in [2.75, 3.05) is 13.7 Å². The van der Waals surface area contributed by atoms with Crippen LogP contribution in [0.2, 0.25) is 0 Å². The predicted molar refractivity (Wildman–Crippen MR) is 37.2 cm³/mol. The first-order valence-corrected chi connectivity index (χ1v) is 3.57. The molecule has 1 aliphatic carbocycles. The number of hydrogen-bond acceptors (Lipinski definition) is 2. The Kier molecular flexibility index (Phi) is 2.49. The summed E-state index contributed by atoms with van der Waals surface area (Å²) < 4.78 is 5.02. The van der Waals surface area contributed by atoms with Gasteiger partial charge in [-0.25, -0.2) is 0 Å². The second-order valence-corrected chi connectivity index (χ2v) is 2.89. The molecule has 0 saturated heterocycles. The fourth-order valence-electron chi connectivity index (χ4n) is 1.50. The molecule has 0 bridgehead atoms. The van der Waals surface area contributed by atoms with Gasteiger partial charge in [-0.2, -0.15) is 0 Å². The number of hydrogen-bond donors (Lipinski definition) is 1. The average Bonchev–Trinajstić information content (AvgIpc) is 2.17. The van der Waals surface area contributed by atoms with Gasteiger partial charge in [0.05, 0.1) is 0 Å². The summed E-state index contributed by atoms with van der Waals surface area (Å²) in [5.41, 5.74) is 5.70. The summed E-state index contributed by atoms with van der Waals surface area (Å²) in [5, 5.41) is 0. The molecule has 9 heavy (non-hydrogen) atoms. The van der Waals surface area contributed by atoms with Gasteiger partial charge in [-0.3, -0.25) is 0 Å². The molecule has 2 atom stereocenters. The molecule has 2 nitrogen and oxygen atoms in total. The third-order valence-corrected chi connectivity index (χ3v) is 1.98. The van der Waals surface area contributed by atoms with Crippen molar-refractivity contribution in [1.29, 1.82) is 0 Å². The lowest BCUT2D eigenvalue weighted by Gasteiger charge is -2.05. The molecule has 0 amide bonds. The first-order valence-electron chi connectivity index (χ1n) is 3.57. The molecule has 1 rings (SSSR count). The Hall–Kier alpha value is -0.0800. The molecule has 0 aliphatic heterocycles. The van der Waals surface area contributed by atoms with Crippen LogP contribution < -0.4 is 5.73 Å². The van der Waals surface area contributed by atoms with Crippen molar-refractivity contribution < 1.29 is 4.74 Å². The van der Waals surface area contributed by atoms with Gasteiger partial charge in [-0.15, -0.1) is 0 Å². The zero-order valence-electron chi connectivity index (χ0n) is 5.97. The van der Waals surface area contributed by atoms with Crippen LogP contribution in [0, 0.1) is 5.92 Å². The monoisotopic (exact) mass is 129 g/mol. The van der Waals surface area contributed by atoms with Crippen LogP contribution >= 0.6 is 0 Å². The Balaban J connectivity index is 2.14. The lowest BCUT2D eigenvalue weighted by molar-refractivity contribution is 0.154. The molecule has 54 valence electrons. The van der Waals surface area contributed by atoms with Gasteiger partial charge in [0, 0.05) is 19.8 Å². The molecule has 1 aliphatic rings. The van der Waals surface area contributed by atoms with Crippen LogP contribution in [0.25, 0.3) is 0 Å². The summed E-state index contributed by atoms with van der Waals surface area (Å²) in [6.45, 7) is 0.897. The number of ether oxygens (including phenoxy) is 1. The molecule has 0 spiro atoms. The van der Waals surface area contributed by atoms with Crippen LogP contribution in [0.1, 0.15) is 19.3 Å². The maximum absolute atomic E-state index is 5.70. The van der Waals surface area contributed by atoms with Crippen molar-refractivity contribution in [1.82, 2.24) is 0 Å². The smallest absolute Gasteiger partial charge is 0.0491 e. The van der Waals surface area contributed by atoms with Gasteiger partial charge in [0.15, 0.2) is 0 Å². The SMILES string of the molecule is COCC1CCC(N)C1. The van der Waals surface area contributed by atoms with Gasteiger partial charge in [0.1, 0.15) is 0 Å². The first kappa shape index (κ1) is 7.03. The fourth-order valence-corrected chi connectivity index (χ4v) is 1.50. The highest BCUT2D eigenvalue weighted by molar-refractivity contribution is 4.76. The summed E-state index contributed by atoms with van der Waals surface area (Å²) in [7, 11) is 1.75. The van der Waals surface area contributed by atoms with Gasteiger partial charge < -0.3 is 10.5 Å². The minimum atomic E-state index is 0.449. The summed E-state index contributed by atoms with van der Waals surface area (Å²) in [5.74, 6) is 0.741. The van der Waals surface area contributed by atoms with E-state index in [1.54, 1.807) is 7.11 Å². The van der Waals surface area contributed by atoms with Crippen LogP contribution in [-0.2, 0) is 4.74 Å². The van der Waals surface area contributed by atoms with Gasteiger partial charge >= 0.3 is 0 Å². The standard InChI is InChI=1S/C7H15NO/c1-9-5-6-2-3-7(8)4-6/h6-7H,2-5,8H2,1H3. The van der Waals surface area contributed by atoms with Gasteiger partial charge in [0.2, 0.25) is 0 Å². The third-order valence-electron chi connectivity index (χ3n) is 1.98. The maximum atomic E-state index is 5.70. The Morgan fingerprint density at radius 1 is 1.56 bits per heavy atom. The minimum Gasteiger partial charge on any atom is -0.384 e. The largest absolute Gasteiger partial charge is 0.384 e. The van der Waals surface area contributed by atoms with E-state index >= 15 is 0 Å². The first-order chi connectivity index (χ1) is 4.33. The Morgan fingerprint density at radius 2 is 2.33 bits per heavy atom. The van der Waals surface area contributed by atoms with Gasteiger partial charge in [0.25, 0.3) is 0 Å².